The van der Waals surface area contributed by atoms with Crippen LogP contribution in [0.3, 0.4) is 0 Å². The van der Waals surface area contributed by atoms with Crippen LogP contribution in [0.25, 0.3) is 0 Å². The molecule has 2 aliphatic heterocycles. The van der Waals surface area contributed by atoms with Gasteiger partial charge in [0.05, 0.1) is 19.4 Å². The molecule has 0 spiro atoms. The highest BCUT2D eigenvalue weighted by Crippen LogP contribution is 2.42. The first-order valence-electron chi connectivity index (χ1n) is 8.84. The summed E-state index contributed by atoms with van der Waals surface area (Å²) in [5, 5.41) is 0. The van der Waals surface area contributed by atoms with E-state index in [-0.39, 0.29) is 18.3 Å². The van der Waals surface area contributed by atoms with Crippen LogP contribution < -0.4 is 4.74 Å². The zero-order valence-corrected chi connectivity index (χ0v) is 14.7. The van der Waals surface area contributed by atoms with Crippen molar-refractivity contribution >= 4 is 11.9 Å². The molecule has 1 amide bonds. The smallest absolute Gasteiger partial charge is 0.307 e. The number of benzene rings is 2. The number of methoxy groups -OCH3 is 1. The lowest BCUT2D eigenvalue weighted by molar-refractivity contribution is -0.142. The number of carbonyl (C=O) groups is 2. The molecule has 1 saturated heterocycles. The molecule has 0 aliphatic carbocycles. The Kier molecular flexibility index (Phi) is 4.37. The van der Waals surface area contributed by atoms with Gasteiger partial charge in [-0.05, 0) is 29.7 Å². The molecule has 0 radical (unpaired) electrons. The number of ether oxygens (including phenoxy) is 2. The number of esters is 1. The second-order valence-electron chi connectivity index (χ2n) is 6.78. The number of rotatable bonds is 4. The van der Waals surface area contributed by atoms with E-state index in [9.17, 15) is 9.59 Å². The van der Waals surface area contributed by atoms with E-state index in [0.29, 0.717) is 18.8 Å². The lowest BCUT2D eigenvalue weighted by Crippen LogP contribution is -2.36. The average Bonchev–Trinajstić information content (AvgIpc) is 3.02. The Labute approximate surface area is 152 Å². The third-order valence-corrected chi connectivity index (χ3v) is 5.17. The number of nitrogens with zero attached hydrogens (tertiary/aromatic N) is 1. The monoisotopic (exact) mass is 351 g/mol. The first-order valence-corrected chi connectivity index (χ1v) is 8.84. The fraction of sp³-hybridized carbons (Fsp3) is 0.333. The fourth-order valence-corrected chi connectivity index (χ4v) is 3.78. The van der Waals surface area contributed by atoms with E-state index in [1.165, 1.54) is 5.56 Å². The van der Waals surface area contributed by atoms with Crippen molar-refractivity contribution in [3.63, 3.8) is 0 Å². The van der Waals surface area contributed by atoms with Gasteiger partial charge >= 0.3 is 5.97 Å². The molecule has 2 atom stereocenters. The Hall–Kier alpha value is -2.82. The molecule has 1 fully saturated rings. The normalized spacial score (nSPS) is 21.7. The highest BCUT2D eigenvalue weighted by molar-refractivity contribution is 5.88. The summed E-state index contributed by atoms with van der Waals surface area (Å²) in [7, 11) is 1.61. The molecule has 2 aromatic carbocycles. The van der Waals surface area contributed by atoms with Crippen LogP contribution in [0.1, 0.15) is 29.2 Å². The van der Waals surface area contributed by atoms with E-state index in [1.54, 1.807) is 7.11 Å². The van der Waals surface area contributed by atoms with E-state index < -0.39 is 12.0 Å². The lowest BCUT2D eigenvalue weighted by Gasteiger charge is -2.23. The van der Waals surface area contributed by atoms with Crippen molar-refractivity contribution in [2.45, 2.75) is 25.5 Å². The van der Waals surface area contributed by atoms with Crippen LogP contribution >= 0.6 is 0 Å². The van der Waals surface area contributed by atoms with Gasteiger partial charge < -0.3 is 14.4 Å². The molecule has 2 aliphatic rings. The quantitative estimate of drug-likeness (QED) is 0.795. The zero-order valence-electron chi connectivity index (χ0n) is 14.7. The molecule has 5 nitrogen and oxygen atoms in total. The Bertz CT molecular complexity index is 833. The van der Waals surface area contributed by atoms with Crippen LogP contribution in [-0.4, -0.2) is 30.4 Å². The second-order valence-corrected chi connectivity index (χ2v) is 6.78. The van der Waals surface area contributed by atoms with Gasteiger partial charge in [0.2, 0.25) is 5.91 Å². The van der Waals surface area contributed by atoms with E-state index in [0.717, 1.165) is 17.5 Å². The summed E-state index contributed by atoms with van der Waals surface area (Å²) in [5.74, 6) is -0.0683. The highest BCUT2D eigenvalue weighted by atomic mass is 16.6. The summed E-state index contributed by atoms with van der Waals surface area (Å²) in [6.45, 7) is 1.14. The van der Waals surface area contributed by atoms with Crippen molar-refractivity contribution in [3.05, 3.63) is 65.2 Å². The van der Waals surface area contributed by atoms with Gasteiger partial charge in [-0.1, -0.05) is 36.4 Å². The molecule has 0 bridgehead atoms. The van der Waals surface area contributed by atoms with Gasteiger partial charge in [0, 0.05) is 18.7 Å². The second kappa shape index (κ2) is 6.83. The number of amides is 1. The molecular weight excluding hydrogens is 330 g/mol. The molecule has 4 rings (SSSR count). The van der Waals surface area contributed by atoms with Gasteiger partial charge in [0.1, 0.15) is 11.9 Å². The zero-order chi connectivity index (χ0) is 18.1. The van der Waals surface area contributed by atoms with Gasteiger partial charge in [-0.2, -0.15) is 0 Å². The summed E-state index contributed by atoms with van der Waals surface area (Å²) >= 11 is 0. The minimum Gasteiger partial charge on any atom is -0.497 e. The SMILES string of the molecule is COc1ccc2c(c1)[C@H]1OC(=O)C[C@@H]1C(=O)N(CCc1ccccc1)C2. The average molecular weight is 351 g/mol. The Balaban J connectivity index is 1.64. The Morgan fingerprint density at radius 3 is 2.73 bits per heavy atom. The molecule has 5 heteroatoms. The van der Waals surface area contributed by atoms with Gasteiger partial charge in [-0.25, -0.2) is 0 Å². The summed E-state index contributed by atoms with van der Waals surface area (Å²) in [4.78, 5) is 26.8. The fourth-order valence-electron chi connectivity index (χ4n) is 3.78. The Morgan fingerprint density at radius 2 is 1.96 bits per heavy atom. The number of carbonyl (C=O) groups excluding carboxylic acids is 2. The van der Waals surface area contributed by atoms with Crippen molar-refractivity contribution in [2.24, 2.45) is 5.92 Å². The topological polar surface area (TPSA) is 55.8 Å². The van der Waals surface area contributed by atoms with Gasteiger partial charge in [0.25, 0.3) is 0 Å². The van der Waals surface area contributed by atoms with Crippen molar-refractivity contribution in [3.8, 4) is 5.75 Å². The van der Waals surface area contributed by atoms with Crippen molar-refractivity contribution < 1.29 is 19.1 Å². The minimum atomic E-state index is -0.512. The minimum absolute atomic E-state index is 0.00746. The maximum absolute atomic E-state index is 13.1. The third-order valence-electron chi connectivity index (χ3n) is 5.17. The van der Waals surface area contributed by atoms with Gasteiger partial charge in [-0.3, -0.25) is 9.59 Å². The van der Waals surface area contributed by atoms with Gasteiger partial charge in [0.15, 0.2) is 0 Å². The van der Waals surface area contributed by atoms with Crippen molar-refractivity contribution in [2.75, 3.05) is 13.7 Å². The molecule has 0 unspecified atom stereocenters. The predicted octanol–water partition coefficient (Wildman–Crippen LogP) is 2.88. The summed E-state index contributed by atoms with van der Waals surface area (Å²) in [6.07, 6.45) is 0.411. The maximum atomic E-state index is 13.1. The molecule has 26 heavy (non-hydrogen) atoms. The van der Waals surface area contributed by atoms with E-state index in [4.69, 9.17) is 9.47 Å². The Morgan fingerprint density at radius 1 is 1.15 bits per heavy atom. The third kappa shape index (κ3) is 3.05. The van der Waals surface area contributed by atoms with Crippen LogP contribution in [0, 0.1) is 5.92 Å². The molecular formula is C21H21NO4. The van der Waals surface area contributed by atoms with E-state index >= 15 is 0 Å². The largest absolute Gasteiger partial charge is 0.497 e. The molecule has 2 aromatic rings. The van der Waals surface area contributed by atoms with Gasteiger partial charge in [-0.15, -0.1) is 0 Å². The van der Waals surface area contributed by atoms with Crippen molar-refractivity contribution in [1.29, 1.82) is 0 Å². The number of hydrogen-bond donors (Lipinski definition) is 0. The summed E-state index contributed by atoms with van der Waals surface area (Å²) in [6, 6.07) is 15.8. The number of fused-ring (bicyclic) bond motifs is 3. The van der Waals surface area contributed by atoms with Crippen LogP contribution in [0.5, 0.6) is 5.75 Å². The molecule has 2 heterocycles. The highest BCUT2D eigenvalue weighted by Gasteiger charge is 2.45. The molecule has 0 N–H and O–H groups in total. The molecule has 0 saturated carbocycles. The van der Waals surface area contributed by atoms with Crippen LogP contribution in [0.15, 0.2) is 48.5 Å². The lowest BCUT2D eigenvalue weighted by atomic mass is 9.93. The maximum Gasteiger partial charge on any atom is 0.307 e. The molecule has 0 aromatic heterocycles. The van der Waals surface area contributed by atoms with Crippen molar-refractivity contribution in [1.82, 2.24) is 4.90 Å². The van der Waals surface area contributed by atoms with E-state index in [2.05, 4.69) is 12.1 Å². The van der Waals surface area contributed by atoms with Crippen LogP contribution in [0.4, 0.5) is 0 Å². The summed E-state index contributed by atoms with van der Waals surface area (Å²) < 4.78 is 10.8. The first kappa shape index (κ1) is 16.6. The number of hydrogen-bond acceptors (Lipinski definition) is 4. The van der Waals surface area contributed by atoms with E-state index in [1.807, 2.05) is 41.3 Å². The van der Waals surface area contributed by atoms with Crippen LogP contribution in [-0.2, 0) is 27.3 Å². The predicted molar refractivity (Wildman–Crippen MR) is 95.5 cm³/mol. The summed E-state index contributed by atoms with van der Waals surface area (Å²) in [5.41, 5.74) is 3.08. The first-order chi connectivity index (χ1) is 12.7. The van der Waals surface area contributed by atoms with Crippen LogP contribution in [0.2, 0.25) is 0 Å². The standard InChI is InChI=1S/C21H21NO4/c1-25-16-8-7-15-13-22(10-9-14-5-3-2-4-6-14)21(24)18-12-19(23)26-20(18)17(15)11-16/h2-8,11,18,20H,9-10,12-13H2,1H3/t18-,20+/m0/s1. The molecule has 134 valence electrons.